The Bertz CT molecular complexity index is 1020. The lowest BCUT2D eigenvalue weighted by Gasteiger charge is -2.06. The lowest BCUT2D eigenvalue weighted by Crippen LogP contribution is -2.15. The number of para-hydroxylation sites is 1. The van der Waals surface area contributed by atoms with Gasteiger partial charge in [-0.1, -0.05) is 30.0 Å². The van der Waals surface area contributed by atoms with Crippen LogP contribution in [-0.2, 0) is 4.79 Å². The summed E-state index contributed by atoms with van der Waals surface area (Å²) in [7, 11) is 1.57. The van der Waals surface area contributed by atoms with Crippen LogP contribution >= 0.6 is 11.8 Å². The van der Waals surface area contributed by atoms with E-state index in [1.54, 1.807) is 20.1 Å². The molecule has 10 heteroatoms. The van der Waals surface area contributed by atoms with Crippen molar-refractivity contribution < 1.29 is 14.5 Å². The number of thioether (sulfide) groups is 1. The first-order chi connectivity index (χ1) is 13.5. The highest BCUT2D eigenvalue weighted by molar-refractivity contribution is 7.99. The van der Waals surface area contributed by atoms with Crippen molar-refractivity contribution in [2.75, 3.05) is 18.2 Å². The molecule has 0 bridgehead atoms. The molecule has 1 aromatic heterocycles. The molecular formula is C18H17N5O4S. The molecule has 3 aromatic rings. The summed E-state index contributed by atoms with van der Waals surface area (Å²) in [4.78, 5) is 27.2. The number of rotatable bonds is 7. The number of aromatic amines is 1. The van der Waals surface area contributed by atoms with E-state index in [0.29, 0.717) is 16.7 Å². The fraction of sp³-hybridized carbons (Fsp3) is 0.167. The minimum absolute atomic E-state index is 0.00818. The van der Waals surface area contributed by atoms with Crippen LogP contribution in [0.4, 0.5) is 11.4 Å². The number of hydrogen-bond acceptors (Lipinski definition) is 7. The molecule has 0 aliphatic rings. The molecule has 0 saturated heterocycles. The van der Waals surface area contributed by atoms with Crippen molar-refractivity contribution in [2.24, 2.45) is 0 Å². The Morgan fingerprint density at radius 3 is 2.86 bits per heavy atom. The summed E-state index contributed by atoms with van der Waals surface area (Å²) in [5, 5.41) is 21.0. The third-order valence-electron chi connectivity index (χ3n) is 3.78. The Kier molecular flexibility index (Phi) is 5.90. The Balaban J connectivity index is 1.65. The molecule has 3 rings (SSSR count). The molecule has 9 nitrogen and oxygen atoms in total. The van der Waals surface area contributed by atoms with Crippen molar-refractivity contribution in [1.82, 2.24) is 15.2 Å². The first kappa shape index (κ1) is 19.4. The molecule has 1 amide bonds. The highest BCUT2D eigenvalue weighted by atomic mass is 32.2. The normalized spacial score (nSPS) is 10.5. The fourth-order valence-corrected chi connectivity index (χ4v) is 3.08. The average molecular weight is 399 g/mol. The van der Waals surface area contributed by atoms with E-state index in [0.717, 1.165) is 22.9 Å². The van der Waals surface area contributed by atoms with E-state index in [2.05, 4.69) is 20.5 Å². The standard InChI is InChI=1S/C18H17N5O4S/c1-11-7-8-13(14(9-11)23(25)26)19-16(24)10-28-18-20-17(21-22-18)12-5-3-4-6-15(12)27-2/h3-9H,10H2,1-2H3,(H,19,24)(H,20,21,22). The number of carbonyl (C=O) groups is 1. The zero-order valence-corrected chi connectivity index (χ0v) is 15.9. The number of methoxy groups -OCH3 is 1. The molecule has 0 atom stereocenters. The van der Waals surface area contributed by atoms with Crippen molar-refractivity contribution in [3.05, 3.63) is 58.1 Å². The van der Waals surface area contributed by atoms with Gasteiger partial charge in [0, 0.05) is 6.07 Å². The first-order valence-electron chi connectivity index (χ1n) is 8.21. The van der Waals surface area contributed by atoms with E-state index in [9.17, 15) is 14.9 Å². The number of nitro benzene ring substituents is 1. The second kappa shape index (κ2) is 8.53. The van der Waals surface area contributed by atoms with Crippen molar-refractivity contribution >= 4 is 29.0 Å². The van der Waals surface area contributed by atoms with Crippen LogP contribution in [0, 0.1) is 17.0 Å². The highest BCUT2D eigenvalue weighted by Gasteiger charge is 2.17. The number of aryl methyl sites for hydroxylation is 1. The number of H-pyrrole nitrogens is 1. The second-order valence-corrected chi connectivity index (χ2v) is 6.72. The first-order valence-corrected chi connectivity index (χ1v) is 9.20. The molecule has 0 spiro atoms. The second-order valence-electron chi connectivity index (χ2n) is 5.78. The van der Waals surface area contributed by atoms with Crippen LogP contribution in [0.15, 0.2) is 47.6 Å². The summed E-state index contributed by atoms with van der Waals surface area (Å²) in [6.45, 7) is 1.75. The molecular weight excluding hydrogens is 382 g/mol. The molecule has 2 aromatic carbocycles. The maximum Gasteiger partial charge on any atom is 0.293 e. The number of nitrogens with zero attached hydrogens (tertiary/aromatic N) is 3. The van der Waals surface area contributed by atoms with Gasteiger partial charge < -0.3 is 10.1 Å². The molecule has 2 N–H and O–H groups in total. The van der Waals surface area contributed by atoms with Crippen molar-refractivity contribution in [1.29, 1.82) is 0 Å². The third-order valence-corrected chi connectivity index (χ3v) is 4.63. The van der Waals surface area contributed by atoms with Gasteiger partial charge in [-0.25, -0.2) is 4.98 Å². The molecule has 0 unspecified atom stereocenters. The van der Waals surface area contributed by atoms with Gasteiger partial charge in [-0.2, -0.15) is 0 Å². The molecule has 1 heterocycles. The lowest BCUT2D eigenvalue weighted by atomic mass is 10.2. The number of amides is 1. The van der Waals surface area contributed by atoms with Crippen molar-refractivity contribution in [2.45, 2.75) is 12.1 Å². The van der Waals surface area contributed by atoms with Crippen LogP contribution in [0.1, 0.15) is 5.56 Å². The van der Waals surface area contributed by atoms with E-state index in [-0.39, 0.29) is 23.0 Å². The molecule has 0 aliphatic heterocycles. The molecule has 0 fully saturated rings. The predicted molar refractivity (Wildman–Crippen MR) is 106 cm³/mol. The van der Waals surface area contributed by atoms with Crippen molar-refractivity contribution in [3.8, 4) is 17.1 Å². The summed E-state index contributed by atoms with van der Waals surface area (Å²) in [6.07, 6.45) is 0. The Morgan fingerprint density at radius 1 is 1.32 bits per heavy atom. The zero-order chi connectivity index (χ0) is 20.1. The average Bonchev–Trinajstić information content (AvgIpc) is 3.16. The number of aromatic nitrogens is 3. The van der Waals surface area contributed by atoms with E-state index < -0.39 is 4.92 Å². The number of carbonyl (C=O) groups excluding carboxylic acids is 1. The number of hydrogen-bond donors (Lipinski definition) is 2. The van der Waals surface area contributed by atoms with Gasteiger partial charge in [0.15, 0.2) is 5.82 Å². The van der Waals surface area contributed by atoms with Gasteiger partial charge in [0.05, 0.1) is 23.3 Å². The van der Waals surface area contributed by atoms with Gasteiger partial charge in [-0.15, -0.1) is 5.10 Å². The molecule has 0 radical (unpaired) electrons. The minimum atomic E-state index is -0.523. The number of nitro groups is 1. The van der Waals surface area contributed by atoms with E-state index in [4.69, 9.17) is 4.74 Å². The monoisotopic (exact) mass is 399 g/mol. The van der Waals surface area contributed by atoms with Gasteiger partial charge in [0.2, 0.25) is 11.1 Å². The number of nitrogens with one attached hydrogen (secondary N) is 2. The van der Waals surface area contributed by atoms with Crippen molar-refractivity contribution in [3.63, 3.8) is 0 Å². The van der Waals surface area contributed by atoms with Crippen LogP contribution in [0.5, 0.6) is 5.75 Å². The van der Waals surface area contributed by atoms with Crippen LogP contribution in [-0.4, -0.2) is 38.9 Å². The summed E-state index contributed by atoms with van der Waals surface area (Å²) in [5.41, 5.74) is 1.51. The molecule has 28 heavy (non-hydrogen) atoms. The van der Waals surface area contributed by atoms with Gasteiger partial charge in [-0.05, 0) is 30.7 Å². The van der Waals surface area contributed by atoms with Crippen LogP contribution in [0.3, 0.4) is 0 Å². The van der Waals surface area contributed by atoms with Crippen LogP contribution in [0.25, 0.3) is 11.4 Å². The summed E-state index contributed by atoms with van der Waals surface area (Å²) in [5.74, 6) is 0.795. The van der Waals surface area contributed by atoms with Gasteiger partial charge in [-0.3, -0.25) is 20.0 Å². The van der Waals surface area contributed by atoms with Gasteiger partial charge in [0.1, 0.15) is 11.4 Å². The third kappa shape index (κ3) is 4.46. The number of anilines is 1. The van der Waals surface area contributed by atoms with E-state index in [1.807, 2.05) is 24.3 Å². The molecule has 0 aliphatic carbocycles. The lowest BCUT2D eigenvalue weighted by molar-refractivity contribution is -0.384. The maximum absolute atomic E-state index is 12.2. The minimum Gasteiger partial charge on any atom is -0.496 e. The molecule has 144 valence electrons. The van der Waals surface area contributed by atoms with Crippen LogP contribution in [0.2, 0.25) is 0 Å². The smallest absolute Gasteiger partial charge is 0.293 e. The topological polar surface area (TPSA) is 123 Å². The van der Waals surface area contributed by atoms with Gasteiger partial charge >= 0.3 is 0 Å². The maximum atomic E-state index is 12.2. The molecule has 0 saturated carbocycles. The van der Waals surface area contributed by atoms with Gasteiger partial charge in [0.25, 0.3) is 5.69 Å². The largest absolute Gasteiger partial charge is 0.496 e. The zero-order valence-electron chi connectivity index (χ0n) is 15.1. The Hall–Kier alpha value is -3.40. The Morgan fingerprint density at radius 2 is 2.11 bits per heavy atom. The quantitative estimate of drug-likeness (QED) is 0.354. The van der Waals surface area contributed by atoms with E-state index >= 15 is 0 Å². The van der Waals surface area contributed by atoms with E-state index in [1.165, 1.54) is 12.1 Å². The SMILES string of the molecule is COc1ccccc1-c1nc(SCC(=O)Nc2ccc(C)cc2[N+](=O)[O-])n[nH]1. The van der Waals surface area contributed by atoms with Crippen LogP contribution < -0.4 is 10.1 Å². The number of ether oxygens (including phenoxy) is 1. The summed E-state index contributed by atoms with van der Waals surface area (Å²) in [6, 6.07) is 12.0. The number of benzene rings is 2. The summed E-state index contributed by atoms with van der Waals surface area (Å²) < 4.78 is 5.30. The highest BCUT2D eigenvalue weighted by Crippen LogP contribution is 2.28. The Labute approximate surface area is 164 Å². The predicted octanol–water partition coefficient (Wildman–Crippen LogP) is 3.43. The fourth-order valence-electron chi connectivity index (χ4n) is 2.49. The summed E-state index contributed by atoms with van der Waals surface area (Å²) >= 11 is 1.12.